The molecule has 0 radical (unpaired) electrons. The van der Waals surface area contributed by atoms with Gasteiger partial charge in [-0.15, -0.1) is 0 Å². The fourth-order valence-electron chi connectivity index (χ4n) is 1.79. The highest BCUT2D eigenvalue weighted by Gasteiger charge is 2.46. The van der Waals surface area contributed by atoms with Gasteiger partial charge < -0.3 is 9.47 Å². The van der Waals surface area contributed by atoms with E-state index in [1.807, 2.05) is 0 Å². The van der Waals surface area contributed by atoms with Crippen molar-refractivity contribution in [3.63, 3.8) is 0 Å². The number of benzene rings is 1. The van der Waals surface area contributed by atoms with Crippen LogP contribution in [0.1, 0.15) is 11.5 Å². The number of hydrogen-bond donors (Lipinski definition) is 0. The van der Waals surface area contributed by atoms with Crippen LogP contribution in [0, 0.1) is 28.6 Å². The van der Waals surface area contributed by atoms with Gasteiger partial charge in [0.15, 0.2) is 11.5 Å². The molecule has 1 atom stereocenters. The van der Waals surface area contributed by atoms with Crippen molar-refractivity contribution in [2.24, 2.45) is 5.92 Å². The summed E-state index contributed by atoms with van der Waals surface area (Å²) < 4.78 is 49.1. The molecule has 0 aliphatic rings. The van der Waals surface area contributed by atoms with E-state index in [1.165, 1.54) is 38.5 Å². The van der Waals surface area contributed by atoms with Crippen molar-refractivity contribution in [1.82, 2.24) is 0 Å². The molecule has 1 rings (SSSR count). The van der Waals surface area contributed by atoms with Gasteiger partial charge in [-0.2, -0.15) is 23.7 Å². The lowest BCUT2D eigenvalue weighted by atomic mass is 9.87. The summed E-state index contributed by atoms with van der Waals surface area (Å²) in [6.07, 6.45) is -4.71. The first-order chi connectivity index (χ1) is 9.38. The maximum atomic E-state index is 13.1. The molecule has 4 nitrogen and oxygen atoms in total. The largest absolute Gasteiger partial charge is 0.493 e. The van der Waals surface area contributed by atoms with Crippen LogP contribution in [0.25, 0.3) is 0 Å². The van der Waals surface area contributed by atoms with Crippen LogP contribution in [0.4, 0.5) is 13.2 Å². The van der Waals surface area contributed by atoms with Crippen LogP contribution in [0.2, 0.25) is 0 Å². The maximum absolute atomic E-state index is 13.1. The Kier molecular flexibility index (Phi) is 4.82. The zero-order chi connectivity index (χ0) is 15.3. The second kappa shape index (κ2) is 6.16. The molecule has 0 N–H and O–H groups in total. The minimum Gasteiger partial charge on any atom is -0.493 e. The lowest BCUT2D eigenvalue weighted by molar-refractivity contribution is -0.154. The van der Waals surface area contributed by atoms with Gasteiger partial charge in [0, 0.05) is 0 Å². The van der Waals surface area contributed by atoms with Gasteiger partial charge in [0.2, 0.25) is 0 Å². The Bertz CT molecular complexity index is 544. The molecule has 1 aromatic carbocycles. The van der Waals surface area contributed by atoms with Crippen LogP contribution in [0.3, 0.4) is 0 Å². The van der Waals surface area contributed by atoms with Crippen molar-refractivity contribution in [2.45, 2.75) is 12.1 Å². The molecule has 0 fully saturated rings. The molecule has 0 bridgehead atoms. The summed E-state index contributed by atoms with van der Waals surface area (Å²) in [5.41, 5.74) is -0.219. The van der Waals surface area contributed by atoms with E-state index in [-0.39, 0.29) is 17.1 Å². The molecule has 0 aliphatic carbocycles. The number of halogens is 3. The number of methoxy groups -OCH3 is 2. The average molecular weight is 284 g/mol. The van der Waals surface area contributed by atoms with E-state index in [4.69, 9.17) is 20.0 Å². The fraction of sp³-hybridized carbons (Fsp3) is 0.385. The van der Waals surface area contributed by atoms with E-state index in [1.54, 1.807) is 0 Å². The third-order valence-electron chi connectivity index (χ3n) is 2.73. The highest BCUT2D eigenvalue weighted by Crippen LogP contribution is 2.42. The molecule has 0 spiro atoms. The lowest BCUT2D eigenvalue weighted by Gasteiger charge is -2.22. The van der Waals surface area contributed by atoms with Crippen molar-refractivity contribution in [3.8, 4) is 23.6 Å². The Morgan fingerprint density at radius 2 is 1.60 bits per heavy atom. The van der Waals surface area contributed by atoms with E-state index < -0.39 is 18.0 Å². The van der Waals surface area contributed by atoms with Crippen LogP contribution in [0.15, 0.2) is 18.2 Å². The van der Waals surface area contributed by atoms with Crippen LogP contribution >= 0.6 is 0 Å². The van der Waals surface area contributed by atoms with Crippen LogP contribution in [-0.2, 0) is 0 Å². The summed E-state index contributed by atoms with van der Waals surface area (Å²) in [6.45, 7) is 0. The third-order valence-corrected chi connectivity index (χ3v) is 2.73. The normalized spacial score (nSPS) is 12.4. The first-order valence-corrected chi connectivity index (χ1v) is 5.46. The summed E-state index contributed by atoms with van der Waals surface area (Å²) in [7, 11) is 2.64. The number of hydrogen-bond acceptors (Lipinski definition) is 4. The van der Waals surface area contributed by atoms with E-state index in [9.17, 15) is 13.2 Å². The van der Waals surface area contributed by atoms with Crippen molar-refractivity contribution in [2.75, 3.05) is 14.2 Å². The molecule has 20 heavy (non-hydrogen) atoms. The molecule has 0 amide bonds. The number of rotatable bonds is 4. The van der Waals surface area contributed by atoms with E-state index >= 15 is 0 Å². The second-order valence-electron chi connectivity index (χ2n) is 3.87. The fourth-order valence-corrected chi connectivity index (χ4v) is 1.79. The maximum Gasteiger partial charge on any atom is 0.398 e. The van der Waals surface area contributed by atoms with E-state index in [2.05, 4.69) is 0 Å². The SMILES string of the molecule is COc1ccc(C(C(C#N)C#N)C(F)(F)F)cc1OC. The van der Waals surface area contributed by atoms with Crippen LogP contribution in [0.5, 0.6) is 11.5 Å². The van der Waals surface area contributed by atoms with E-state index in [0.717, 1.165) is 6.07 Å². The van der Waals surface area contributed by atoms with Gasteiger partial charge in [-0.05, 0) is 17.7 Å². The lowest BCUT2D eigenvalue weighted by Crippen LogP contribution is -2.27. The van der Waals surface area contributed by atoms with Crippen molar-refractivity contribution in [1.29, 1.82) is 10.5 Å². The van der Waals surface area contributed by atoms with Crippen molar-refractivity contribution < 1.29 is 22.6 Å². The van der Waals surface area contributed by atoms with Crippen LogP contribution < -0.4 is 9.47 Å². The smallest absolute Gasteiger partial charge is 0.398 e. The Morgan fingerprint density at radius 3 is 2.00 bits per heavy atom. The summed E-state index contributed by atoms with van der Waals surface area (Å²) in [6, 6.07) is 6.34. The van der Waals surface area contributed by atoms with Gasteiger partial charge in [0.1, 0.15) is 11.8 Å². The minimum absolute atomic E-state index is 0.105. The molecule has 1 aromatic rings. The number of ether oxygens (including phenoxy) is 2. The average Bonchev–Trinajstić information content (AvgIpc) is 2.42. The molecule has 106 valence electrons. The Labute approximate surface area is 113 Å². The van der Waals surface area contributed by atoms with Gasteiger partial charge >= 0.3 is 6.18 Å². The first-order valence-electron chi connectivity index (χ1n) is 5.46. The summed E-state index contributed by atoms with van der Waals surface area (Å²) in [4.78, 5) is 0. The Balaban J connectivity index is 3.37. The van der Waals surface area contributed by atoms with Gasteiger partial charge in [-0.1, -0.05) is 6.07 Å². The topological polar surface area (TPSA) is 66.0 Å². The Hall–Kier alpha value is -2.41. The molecular formula is C13H11F3N2O2. The molecule has 1 unspecified atom stereocenters. The molecule has 0 aliphatic heterocycles. The number of nitriles is 2. The zero-order valence-corrected chi connectivity index (χ0v) is 10.7. The summed E-state index contributed by atoms with van der Waals surface area (Å²) in [5.74, 6) is -3.65. The van der Waals surface area contributed by atoms with E-state index in [0.29, 0.717) is 0 Å². The second-order valence-corrected chi connectivity index (χ2v) is 3.87. The quantitative estimate of drug-likeness (QED) is 0.852. The molecule has 0 aromatic heterocycles. The van der Waals surface area contributed by atoms with Crippen molar-refractivity contribution >= 4 is 0 Å². The van der Waals surface area contributed by atoms with Gasteiger partial charge in [0.05, 0.1) is 26.4 Å². The molecule has 0 saturated heterocycles. The van der Waals surface area contributed by atoms with Gasteiger partial charge in [-0.25, -0.2) is 0 Å². The summed E-state index contributed by atoms with van der Waals surface area (Å²) in [5, 5.41) is 17.4. The highest BCUT2D eigenvalue weighted by molar-refractivity contribution is 5.45. The standard InChI is InChI=1S/C13H11F3N2O2/c1-19-10-4-3-8(5-11(10)20-2)12(13(14,15)16)9(6-17)7-18/h3-5,9,12H,1-2H3. The van der Waals surface area contributed by atoms with Gasteiger partial charge in [0.25, 0.3) is 0 Å². The first kappa shape index (κ1) is 15.6. The predicted molar refractivity (Wildman–Crippen MR) is 63.1 cm³/mol. The number of nitrogens with zero attached hydrogens (tertiary/aromatic N) is 2. The van der Waals surface area contributed by atoms with Crippen molar-refractivity contribution in [3.05, 3.63) is 23.8 Å². The number of alkyl halides is 3. The van der Waals surface area contributed by atoms with Gasteiger partial charge in [-0.3, -0.25) is 0 Å². The zero-order valence-electron chi connectivity index (χ0n) is 10.7. The monoisotopic (exact) mass is 284 g/mol. The highest BCUT2D eigenvalue weighted by atomic mass is 19.4. The molecule has 7 heteroatoms. The summed E-state index contributed by atoms with van der Waals surface area (Å²) >= 11 is 0. The third kappa shape index (κ3) is 3.12. The molecular weight excluding hydrogens is 273 g/mol. The predicted octanol–water partition coefficient (Wildman–Crippen LogP) is 3.01. The minimum atomic E-state index is -4.71. The molecule has 0 saturated carbocycles. The van der Waals surface area contributed by atoms with Crippen LogP contribution in [-0.4, -0.2) is 20.4 Å². The Morgan fingerprint density at radius 1 is 1.05 bits per heavy atom. The molecule has 0 heterocycles.